The predicted octanol–water partition coefficient (Wildman–Crippen LogP) is 1.24. The molecule has 0 spiro atoms. The molecule has 0 aliphatic carbocycles. The van der Waals surface area contributed by atoms with Gasteiger partial charge in [-0.1, -0.05) is 5.16 Å². The van der Waals surface area contributed by atoms with Crippen LogP contribution in [0.5, 0.6) is 5.88 Å². The van der Waals surface area contributed by atoms with Gasteiger partial charge in [-0.15, -0.1) is 0 Å². The third-order valence-electron chi connectivity index (χ3n) is 1.96. The SMILES string of the molecule is COc1ccc(-c2cc(CO)on2)cn1. The number of methoxy groups -OCH3 is 1. The van der Waals surface area contributed by atoms with E-state index in [1.807, 2.05) is 6.07 Å². The van der Waals surface area contributed by atoms with Crippen molar-refractivity contribution in [3.63, 3.8) is 0 Å². The molecule has 0 aromatic carbocycles. The van der Waals surface area contributed by atoms with Gasteiger partial charge in [-0.2, -0.15) is 0 Å². The summed E-state index contributed by atoms with van der Waals surface area (Å²) >= 11 is 0. The van der Waals surface area contributed by atoms with Gasteiger partial charge in [0.15, 0.2) is 5.76 Å². The first-order valence-corrected chi connectivity index (χ1v) is 4.40. The molecule has 2 aromatic rings. The quantitative estimate of drug-likeness (QED) is 0.818. The number of pyridine rings is 1. The third kappa shape index (κ3) is 1.97. The third-order valence-corrected chi connectivity index (χ3v) is 1.96. The van der Waals surface area contributed by atoms with Crippen LogP contribution >= 0.6 is 0 Å². The highest BCUT2D eigenvalue weighted by Gasteiger charge is 2.05. The number of nitrogens with zero attached hydrogens (tertiary/aromatic N) is 2. The summed E-state index contributed by atoms with van der Waals surface area (Å²) in [7, 11) is 1.56. The lowest BCUT2D eigenvalue weighted by Crippen LogP contribution is -1.86. The topological polar surface area (TPSA) is 68.4 Å². The average molecular weight is 206 g/mol. The van der Waals surface area contributed by atoms with Crippen LogP contribution < -0.4 is 4.74 Å². The molecule has 0 bridgehead atoms. The molecular weight excluding hydrogens is 196 g/mol. The molecule has 5 heteroatoms. The average Bonchev–Trinajstić information content (AvgIpc) is 2.78. The van der Waals surface area contributed by atoms with Gasteiger partial charge < -0.3 is 14.4 Å². The van der Waals surface area contributed by atoms with Gasteiger partial charge in [0.1, 0.15) is 12.3 Å². The molecule has 2 aromatic heterocycles. The molecular formula is C10H10N2O3. The van der Waals surface area contributed by atoms with Crippen molar-refractivity contribution in [3.05, 3.63) is 30.2 Å². The summed E-state index contributed by atoms with van der Waals surface area (Å²) in [5.41, 5.74) is 1.47. The molecule has 2 rings (SSSR count). The van der Waals surface area contributed by atoms with Gasteiger partial charge in [0.25, 0.3) is 0 Å². The molecule has 0 fully saturated rings. The Morgan fingerprint density at radius 1 is 1.47 bits per heavy atom. The molecule has 15 heavy (non-hydrogen) atoms. The molecule has 1 N–H and O–H groups in total. The zero-order valence-corrected chi connectivity index (χ0v) is 8.17. The lowest BCUT2D eigenvalue weighted by atomic mass is 10.2. The van der Waals surface area contributed by atoms with Crippen LogP contribution in [0, 0.1) is 0 Å². The summed E-state index contributed by atoms with van der Waals surface area (Å²) in [6.45, 7) is -0.156. The van der Waals surface area contributed by atoms with Crippen molar-refractivity contribution in [2.75, 3.05) is 7.11 Å². The van der Waals surface area contributed by atoms with Crippen molar-refractivity contribution in [1.82, 2.24) is 10.1 Å². The largest absolute Gasteiger partial charge is 0.481 e. The van der Waals surface area contributed by atoms with Crippen LogP contribution in [-0.4, -0.2) is 22.4 Å². The van der Waals surface area contributed by atoms with E-state index in [1.165, 1.54) is 0 Å². The van der Waals surface area contributed by atoms with Gasteiger partial charge in [0, 0.05) is 23.9 Å². The summed E-state index contributed by atoms with van der Waals surface area (Å²) < 4.78 is 9.80. The van der Waals surface area contributed by atoms with Gasteiger partial charge in [0.05, 0.1) is 7.11 Å². The number of rotatable bonds is 3. The maximum Gasteiger partial charge on any atom is 0.212 e. The Morgan fingerprint density at radius 3 is 2.87 bits per heavy atom. The minimum Gasteiger partial charge on any atom is -0.481 e. The second-order valence-corrected chi connectivity index (χ2v) is 2.93. The van der Waals surface area contributed by atoms with Crippen molar-refractivity contribution in [3.8, 4) is 17.1 Å². The van der Waals surface area contributed by atoms with Gasteiger partial charge in [-0.25, -0.2) is 4.98 Å². The summed E-state index contributed by atoms with van der Waals surface area (Å²) in [5.74, 6) is 0.977. The Balaban J connectivity index is 2.28. The predicted molar refractivity (Wildman–Crippen MR) is 52.2 cm³/mol. The second kappa shape index (κ2) is 4.10. The first kappa shape index (κ1) is 9.67. The van der Waals surface area contributed by atoms with E-state index in [4.69, 9.17) is 14.4 Å². The molecule has 2 heterocycles. The second-order valence-electron chi connectivity index (χ2n) is 2.93. The van der Waals surface area contributed by atoms with E-state index in [9.17, 15) is 0 Å². The van der Waals surface area contributed by atoms with Crippen molar-refractivity contribution in [2.24, 2.45) is 0 Å². The van der Waals surface area contributed by atoms with Crippen LogP contribution in [0.4, 0.5) is 0 Å². The smallest absolute Gasteiger partial charge is 0.212 e. The standard InChI is InChI=1S/C10H10N2O3/c1-14-10-3-2-7(5-11-10)9-4-8(6-13)15-12-9/h2-5,13H,6H2,1H3. The number of aliphatic hydroxyl groups is 1. The highest BCUT2D eigenvalue weighted by molar-refractivity contribution is 5.57. The van der Waals surface area contributed by atoms with Crippen molar-refractivity contribution in [2.45, 2.75) is 6.61 Å². The number of aliphatic hydroxyl groups excluding tert-OH is 1. The van der Waals surface area contributed by atoms with Gasteiger partial charge in [0.2, 0.25) is 5.88 Å². The molecule has 0 radical (unpaired) electrons. The van der Waals surface area contributed by atoms with E-state index in [1.54, 1.807) is 25.4 Å². The van der Waals surface area contributed by atoms with E-state index in [2.05, 4.69) is 10.1 Å². The van der Waals surface area contributed by atoms with Gasteiger partial charge >= 0.3 is 0 Å². The van der Waals surface area contributed by atoms with Crippen molar-refractivity contribution >= 4 is 0 Å². The lowest BCUT2D eigenvalue weighted by molar-refractivity contribution is 0.229. The van der Waals surface area contributed by atoms with E-state index in [0.29, 0.717) is 17.3 Å². The summed E-state index contributed by atoms with van der Waals surface area (Å²) in [4.78, 5) is 4.04. The molecule has 0 atom stereocenters. The van der Waals surface area contributed by atoms with Crippen LogP contribution in [-0.2, 0) is 6.61 Å². The number of hydrogen-bond acceptors (Lipinski definition) is 5. The fourth-order valence-corrected chi connectivity index (χ4v) is 1.18. The van der Waals surface area contributed by atoms with Crippen LogP contribution in [0.1, 0.15) is 5.76 Å². The minimum atomic E-state index is -0.156. The van der Waals surface area contributed by atoms with Crippen LogP contribution in [0.3, 0.4) is 0 Å². The van der Waals surface area contributed by atoms with Gasteiger partial charge in [-0.05, 0) is 6.07 Å². The van der Waals surface area contributed by atoms with Gasteiger partial charge in [-0.3, -0.25) is 0 Å². The van der Waals surface area contributed by atoms with E-state index >= 15 is 0 Å². The molecule has 0 unspecified atom stereocenters. The Morgan fingerprint density at radius 2 is 2.33 bits per heavy atom. The summed E-state index contributed by atoms with van der Waals surface area (Å²) in [6, 6.07) is 5.23. The summed E-state index contributed by atoms with van der Waals surface area (Å²) in [5, 5.41) is 12.6. The Hall–Kier alpha value is -1.88. The maximum atomic E-state index is 8.81. The molecule has 78 valence electrons. The summed E-state index contributed by atoms with van der Waals surface area (Å²) in [6.07, 6.45) is 1.64. The molecule has 0 saturated heterocycles. The lowest BCUT2D eigenvalue weighted by Gasteiger charge is -1.98. The van der Waals surface area contributed by atoms with E-state index in [0.717, 1.165) is 5.56 Å². The van der Waals surface area contributed by atoms with Crippen LogP contribution in [0.15, 0.2) is 28.9 Å². The fourth-order valence-electron chi connectivity index (χ4n) is 1.18. The molecule has 5 nitrogen and oxygen atoms in total. The molecule has 0 aliphatic heterocycles. The van der Waals surface area contributed by atoms with Crippen LogP contribution in [0.25, 0.3) is 11.3 Å². The highest BCUT2D eigenvalue weighted by Crippen LogP contribution is 2.19. The Labute approximate surface area is 86.3 Å². The van der Waals surface area contributed by atoms with E-state index < -0.39 is 0 Å². The zero-order valence-electron chi connectivity index (χ0n) is 8.17. The van der Waals surface area contributed by atoms with E-state index in [-0.39, 0.29) is 6.61 Å². The van der Waals surface area contributed by atoms with Crippen molar-refractivity contribution < 1.29 is 14.4 Å². The van der Waals surface area contributed by atoms with Crippen molar-refractivity contribution in [1.29, 1.82) is 0 Å². The number of ether oxygens (including phenoxy) is 1. The Bertz CT molecular complexity index is 436. The number of aromatic nitrogens is 2. The fraction of sp³-hybridized carbons (Fsp3) is 0.200. The Kier molecular flexibility index (Phi) is 2.64. The highest BCUT2D eigenvalue weighted by atomic mass is 16.5. The molecule has 0 saturated carbocycles. The van der Waals surface area contributed by atoms with Crippen LogP contribution in [0.2, 0.25) is 0 Å². The first-order valence-electron chi connectivity index (χ1n) is 4.40. The first-order chi connectivity index (χ1) is 7.33. The molecule has 0 aliphatic rings. The monoisotopic (exact) mass is 206 g/mol. The zero-order chi connectivity index (χ0) is 10.7. The molecule has 0 amide bonds. The number of hydrogen-bond donors (Lipinski definition) is 1. The normalized spacial score (nSPS) is 10.3. The minimum absolute atomic E-state index is 0.156. The maximum absolute atomic E-state index is 8.81.